The maximum atomic E-state index is 4.45. The van der Waals surface area contributed by atoms with E-state index in [0.29, 0.717) is 0 Å². The molecule has 0 atom stereocenters. The highest BCUT2D eigenvalue weighted by molar-refractivity contribution is 9.10. The molecule has 3 heterocycles. The molecule has 5 nitrogen and oxygen atoms in total. The van der Waals surface area contributed by atoms with Crippen LogP contribution in [0.4, 0.5) is 11.6 Å². The topological polar surface area (TPSA) is 45.2 Å². The molecule has 0 spiro atoms. The molecule has 0 saturated carbocycles. The van der Waals surface area contributed by atoms with Crippen LogP contribution in [0.15, 0.2) is 41.1 Å². The van der Waals surface area contributed by atoms with Gasteiger partial charge in [0, 0.05) is 43.0 Å². The molecule has 20 heavy (non-hydrogen) atoms. The Morgan fingerprint density at radius 1 is 0.950 bits per heavy atom. The van der Waals surface area contributed by atoms with Gasteiger partial charge >= 0.3 is 0 Å². The molecule has 104 valence electrons. The highest BCUT2D eigenvalue weighted by Gasteiger charge is 2.17. The maximum absolute atomic E-state index is 4.45. The van der Waals surface area contributed by atoms with E-state index in [2.05, 4.69) is 47.0 Å². The number of halogens is 1. The summed E-state index contributed by atoms with van der Waals surface area (Å²) in [6.07, 6.45) is 4.63. The van der Waals surface area contributed by atoms with Gasteiger partial charge in [-0.05, 0) is 30.7 Å². The van der Waals surface area contributed by atoms with E-state index in [0.717, 1.165) is 48.7 Å². The summed E-state index contributed by atoms with van der Waals surface area (Å²) < 4.78 is 1.07. The minimum atomic E-state index is 0.937. The van der Waals surface area contributed by atoms with Crippen LogP contribution in [0.3, 0.4) is 0 Å². The molecular formula is C14H16BrN5. The highest BCUT2D eigenvalue weighted by atomic mass is 79.9. The Kier molecular flexibility index (Phi) is 4.11. The first-order valence-electron chi connectivity index (χ1n) is 6.72. The summed E-state index contributed by atoms with van der Waals surface area (Å²) in [6, 6.07) is 7.96. The van der Waals surface area contributed by atoms with Gasteiger partial charge in [0.1, 0.15) is 5.82 Å². The van der Waals surface area contributed by atoms with E-state index >= 15 is 0 Å². The Hall–Kier alpha value is -1.69. The Bertz CT molecular complexity index is 563. The summed E-state index contributed by atoms with van der Waals surface area (Å²) in [4.78, 5) is 9.06. The van der Waals surface area contributed by atoms with E-state index in [1.807, 2.05) is 24.4 Å². The summed E-state index contributed by atoms with van der Waals surface area (Å²) in [5.41, 5.74) is 0. The summed E-state index contributed by atoms with van der Waals surface area (Å²) >= 11 is 3.50. The third kappa shape index (κ3) is 3.07. The molecule has 0 radical (unpaired) electrons. The van der Waals surface area contributed by atoms with Crippen LogP contribution in [-0.2, 0) is 0 Å². The quantitative estimate of drug-likeness (QED) is 0.844. The van der Waals surface area contributed by atoms with Gasteiger partial charge in [-0.3, -0.25) is 0 Å². The normalized spacial score (nSPS) is 16.1. The lowest BCUT2D eigenvalue weighted by atomic mass is 10.3. The number of aromatic nitrogens is 3. The number of nitrogens with zero attached hydrogens (tertiary/aromatic N) is 5. The lowest BCUT2D eigenvalue weighted by molar-refractivity contribution is 0.785. The molecule has 0 amide bonds. The minimum absolute atomic E-state index is 0.937. The number of hydrogen-bond acceptors (Lipinski definition) is 5. The van der Waals surface area contributed by atoms with Crippen molar-refractivity contribution in [3.05, 3.63) is 41.1 Å². The van der Waals surface area contributed by atoms with Gasteiger partial charge in [-0.15, -0.1) is 5.10 Å². The number of rotatable bonds is 2. The minimum Gasteiger partial charge on any atom is -0.355 e. The smallest absolute Gasteiger partial charge is 0.151 e. The molecule has 0 N–H and O–H groups in total. The SMILES string of the molecule is Brc1ccnc(N2CCCN(c3cccnn3)CC2)c1. The van der Waals surface area contributed by atoms with Crippen LogP contribution in [0.5, 0.6) is 0 Å². The fourth-order valence-electron chi connectivity index (χ4n) is 2.40. The molecule has 1 saturated heterocycles. The standard InChI is InChI=1S/C14H16BrN5/c15-12-4-6-16-14(11-12)20-8-2-7-19(9-10-20)13-3-1-5-17-18-13/h1,3-6,11H,2,7-10H2. The molecule has 0 aliphatic carbocycles. The van der Waals surface area contributed by atoms with Gasteiger partial charge in [0.2, 0.25) is 0 Å². The van der Waals surface area contributed by atoms with Crippen LogP contribution in [0.1, 0.15) is 6.42 Å². The fraction of sp³-hybridized carbons (Fsp3) is 0.357. The molecule has 1 fully saturated rings. The highest BCUT2D eigenvalue weighted by Crippen LogP contribution is 2.19. The molecule has 0 bridgehead atoms. The average molecular weight is 334 g/mol. The lowest BCUT2D eigenvalue weighted by Crippen LogP contribution is -2.31. The molecule has 1 aliphatic heterocycles. The van der Waals surface area contributed by atoms with Crippen molar-refractivity contribution in [1.82, 2.24) is 15.2 Å². The van der Waals surface area contributed by atoms with E-state index < -0.39 is 0 Å². The number of hydrogen-bond donors (Lipinski definition) is 0. The summed E-state index contributed by atoms with van der Waals surface area (Å²) in [5, 5.41) is 8.15. The van der Waals surface area contributed by atoms with E-state index in [1.54, 1.807) is 6.20 Å². The largest absolute Gasteiger partial charge is 0.355 e. The van der Waals surface area contributed by atoms with Crippen LogP contribution < -0.4 is 9.80 Å². The molecule has 6 heteroatoms. The van der Waals surface area contributed by atoms with Crippen molar-refractivity contribution < 1.29 is 0 Å². The predicted molar refractivity (Wildman–Crippen MR) is 83.0 cm³/mol. The third-order valence-electron chi connectivity index (χ3n) is 3.41. The molecule has 2 aromatic heterocycles. The predicted octanol–water partition coefficient (Wildman–Crippen LogP) is 2.35. The van der Waals surface area contributed by atoms with Gasteiger partial charge in [-0.25, -0.2) is 4.98 Å². The summed E-state index contributed by atoms with van der Waals surface area (Å²) in [7, 11) is 0. The first kappa shape index (κ1) is 13.3. The van der Waals surface area contributed by atoms with Crippen molar-refractivity contribution >= 4 is 27.6 Å². The monoisotopic (exact) mass is 333 g/mol. The van der Waals surface area contributed by atoms with Crippen molar-refractivity contribution in [3.8, 4) is 0 Å². The van der Waals surface area contributed by atoms with Gasteiger partial charge < -0.3 is 9.80 Å². The van der Waals surface area contributed by atoms with E-state index in [4.69, 9.17) is 0 Å². The van der Waals surface area contributed by atoms with Gasteiger partial charge in [-0.1, -0.05) is 15.9 Å². The van der Waals surface area contributed by atoms with E-state index in [1.165, 1.54) is 0 Å². The van der Waals surface area contributed by atoms with Crippen molar-refractivity contribution in [2.75, 3.05) is 36.0 Å². The van der Waals surface area contributed by atoms with Crippen molar-refractivity contribution in [2.45, 2.75) is 6.42 Å². The zero-order chi connectivity index (χ0) is 13.8. The van der Waals surface area contributed by atoms with Gasteiger partial charge in [0.15, 0.2) is 5.82 Å². The van der Waals surface area contributed by atoms with E-state index in [-0.39, 0.29) is 0 Å². The lowest BCUT2D eigenvalue weighted by Gasteiger charge is -2.23. The Labute approximate surface area is 126 Å². The molecule has 0 aromatic carbocycles. The average Bonchev–Trinajstić information content (AvgIpc) is 2.74. The molecule has 2 aromatic rings. The zero-order valence-corrected chi connectivity index (χ0v) is 12.7. The van der Waals surface area contributed by atoms with Crippen molar-refractivity contribution in [1.29, 1.82) is 0 Å². The second-order valence-electron chi connectivity index (χ2n) is 4.74. The molecule has 3 rings (SSSR count). The molecular weight excluding hydrogens is 318 g/mol. The Morgan fingerprint density at radius 3 is 2.45 bits per heavy atom. The Morgan fingerprint density at radius 2 is 1.75 bits per heavy atom. The zero-order valence-electron chi connectivity index (χ0n) is 11.1. The number of anilines is 2. The van der Waals surface area contributed by atoms with Crippen LogP contribution in [0.25, 0.3) is 0 Å². The van der Waals surface area contributed by atoms with Crippen LogP contribution in [0.2, 0.25) is 0 Å². The maximum Gasteiger partial charge on any atom is 0.151 e. The van der Waals surface area contributed by atoms with Gasteiger partial charge in [0.25, 0.3) is 0 Å². The molecule has 1 aliphatic rings. The van der Waals surface area contributed by atoms with E-state index in [9.17, 15) is 0 Å². The molecule has 0 unspecified atom stereocenters. The second-order valence-corrected chi connectivity index (χ2v) is 5.66. The first-order valence-corrected chi connectivity index (χ1v) is 7.51. The van der Waals surface area contributed by atoms with Crippen LogP contribution in [-0.4, -0.2) is 41.4 Å². The van der Waals surface area contributed by atoms with Gasteiger partial charge in [-0.2, -0.15) is 5.10 Å². The number of pyridine rings is 1. The summed E-state index contributed by atoms with van der Waals surface area (Å²) in [5.74, 6) is 1.98. The summed E-state index contributed by atoms with van der Waals surface area (Å²) in [6.45, 7) is 3.90. The third-order valence-corrected chi connectivity index (χ3v) is 3.90. The van der Waals surface area contributed by atoms with Crippen LogP contribution >= 0.6 is 15.9 Å². The van der Waals surface area contributed by atoms with Crippen molar-refractivity contribution in [3.63, 3.8) is 0 Å². The van der Waals surface area contributed by atoms with Crippen LogP contribution in [0, 0.1) is 0 Å². The van der Waals surface area contributed by atoms with Crippen molar-refractivity contribution in [2.24, 2.45) is 0 Å². The second kappa shape index (κ2) is 6.17. The Balaban J connectivity index is 1.71. The first-order chi connectivity index (χ1) is 9.83. The fourth-order valence-corrected chi connectivity index (χ4v) is 2.73. The van der Waals surface area contributed by atoms with Gasteiger partial charge in [0.05, 0.1) is 0 Å².